The van der Waals surface area contributed by atoms with Crippen molar-refractivity contribution in [1.29, 1.82) is 0 Å². The van der Waals surface area contributed by atoms with Crippen molar-refractivity contribution in [2.75, 3.05) is 0 Å². The lowest BCUT2D eigenvalue weighted by Crippen LogP contribution is -2.35. The molecule has 90 valence electrons. The summed E-state index contributed by atoms with van der Waals surface area (Å²) in [5.41, 5.74) is 11.1. The summed E-state index contributed by atoms with van der Waals surface area (Å²) in [6, 6.07) is 8.63. The van der Waals surface area contributed by atoms with Crippen molar-refractivity contribution in [3.05, 3.63) is 56.8 Å². The van der Waals surface area contributed by atoms with Crippen molar-refractivity contribution in [2.45, 2.75) is 33.2 Å². The van der Waals surface area contributed by atoms with Crippen LogP contribution in [0.2, 0.25) is 0 Å². The van der Waals surface area contributed by atoms with Crippen LogP contribution < -0.4 is 5.73 Å². The van der Waals surface area contributed by atoms with E-state index in [2.05, 4.69) is 57.3 Å². The minimum atomic E-state index is -0.403. The summed E-state index contributed by atoms with van der Waals surface area (Å²) in [6.45, 7) is 8.47. The lowest BCUT2D eigenvalue weighted by molar-refractivity contribution is 0.597. The van der Waals surface area contributed by atoms with E-state index in [0.717, 1.165) is 0 Å². The predicted molar refractivity (Wildman–Crippen MR) is 75.6 cm³/mol. The lowest BCUT2D eigenvalue weighted by atomic mass is 9.83. The van der Waals surface area contributed by atoms with Gasteiger partial charge in [-0.2, -0.15) is 0 Å². The van der Waals surface area contributed by atoms with Gasteiger partial charge in [0.05, 0.1) is 5.54 Å². The van der Waals surface area contributed by atoms with Crippen LogP contribution in [-0.4, -0.2) is 0 Å². The zero-order valence-corrected chi connectivity index (χ0v) is 11.7. The number of benzene rings is 1. The van der Waals surface area contributed by atoms with Crippen molar-refractivity contribution < 1.29 is 0 Å². The Morgan fingerprint density at radius 3 is 2.35 bits per heavy atom. The molecule has 1 atom stereocenters. The SMILES string of the molecule is Cc1ccc(C)c(C(C)(N)c2ccsc2C)c1. The van der Waals surface area contributed by atoms with E-state index in [1.54, 1.807) is 11.3 Å². The maximum atomic E-state index is 6.58. The zero-order valence-electron chi connectivity index (χ0n) is 10.9. The van der Waals surface area contributed by atoms with Gasteiger partial charge in [0.15, 0.2) is 0 Å². The van der Waals surface area contributed by atoms with E-state index in [9.17, 15) is 0 Å². The molecular formula is C15H19NS. The average Bonchev–Trinajstić information content (AvgIpc) is 2.68. The molecule has 1 heterocycles. The molecule has 0 aliphatic heterocycles. The highest BCUT2D eigenvalue weighted by Crippen LogP contribution is 2.33. The Hall–Kier alpha value is -1.12. The van der Waals surface area contributed by atoms with Crippen LogP contribution in [0.3, 0.4) is 0 Å². The molecule has 0 amide bonds. The summed E-state index contributed by atoms with van der Waals surface area (Å²) in [7, 11) is 0. The van der Waals surface area contributed by atoms with Gasteiger partial charge in [-0.05, 0) is 55.8 Å². The molecule has 1 aromatic heterocycles. The first-order chi connectivity index (χ1) is 7.93. The van der Waals surface area contributed by atoms with Gasteiger partial charge in [-0.1, -0.05) is 23.8 Å². The molecule has 0 bridgehead atoms. The van der Waals surface area contributed by atoms with E-state index in [4.69, 9.17) is 5.73 Å². The van der Waals surface area contributed by atoms with Gasteiger partial charge in [0, 0.05) is 4.88 Å². The first-order valence-corrected chi connectivity index (χ1v) is 6.72. The summed E-state index contributed by atoms with van der Waals surface area (Å²) in [5, 5.41) is 2.11. The van der Waals surface area contributed by atoms with Crippen LogP contribution in [-0.2, 0) is 5.54 Å². The number of nitrogens with two attached hydrogens (primary N) is 1. The van der Waals surface area contributed by atoms with Gasteiger partial charge in [0.1, 0.15) is 0 Å². The quantitative estimate of drug-likeness (QED) is 0.853. The second-order valence-corrected chi connectivity index (χ2v) is 6.03. The summed E-state index contributed by atoms with van der Waals surface area (Å²) >= 11 is 1.76. The van der Waals surface area contributed by atoms with Crippen molar-refractivity contribution in [3.8, 4) is 0 Å². The molecule has 0 spiro atoms. The first-order valence-electron chi connectivity index (χ1n) is 5.84. The monoisotopic (exact) mass is 245 g/mol. The van der Waals surface area contributed by atoms with E-state index in [1.807, 2.05) is 0 Å². The van der Waals surface area contributed by atoms with Crippen LogP contribution in [0.4, 0.5) is 0 Å². The Balaban J connectivity index is 2.59. The van der Waals surface area contributed by atoms with Crippen LogP contribution in [0.1, 0.15) is 34.1 Å². The van der Waals surface area contributed by atoms with Crippen LogP contribution in [0.25, 0.3) is 0 Å². The molecule has 2 aromatic rings. The van der Waals surface area contributed by atoms with Gasteiger partial charge in [-0.25, -0.2) is 0 Å². The van der Waals surface area contributed by atoms with E-state index < -0.39 is 5.54 Å². The van der Waals surface area contributed by atoms with Crippen LogP contribution in [0.5, 0.6) is 0 Å². The highest BCUT2D eigenvalue weighted by atomic mass is 32.1. The topological polar surface area (TPSA) is 26.0 Å². The standard InChI is InChI=1S/C15H19NS/c1-10-5-6-11(2)14(9-10)15(4,16)13-7-8-17-12(13)3/h5-9H,16H2,1-4H3. The molecule has 0 saturated carbocycles. The Morgan fingerprint density at radius 2 is 1.76 bits per heavy atom. The lowest BCUT2D eigenvalue weighted by Gasteiger charge is -2.28. The van der Waals surface area contributed by atoms with Gasteiger partial charge in [-0.3, -0.25) is 0 Å². The third-order valence-electron chi connectivity index (χ3n) is 3.37. The van der Waals surface area contributed by atoms with Crippen molar-refractivity contribution in [2.24, 2.45) is 5.73 Å². The molecule has 1 aromatic carbocycles. The number of thiophene rings is 1. The van der Waals surface area contributed by atoms with E-state index in [1.165, 1.54) is 27.1 Å². The highest BCUT2D eigenvalue weighted by Gasteiger charge is 2.27. The third kappa shape index (κ3) is 2.15. The van der Waals surface area contributed by atoms with Crippen LogP contribution in [0.15, 0.2) is 29.6 Å². The normalized spacial score (nSPS) is 14.6. The summed E-state index contributed by atoms with van der Waals surface area (Å²) in [5.74, 6) is 0. The van der Waals surface area contributed by atoms with E-state index in [-0.39, 0.29) is 0 Å². The number of aryl methyl sites for hydroxylation is 3. The van der Waals surface area contributed by atoms with E-state index >= 15 is 0 Å². The molecule has 2 rings (SSSR count). The Bertz CT molecular complexity index is 538. The summed E-state index contributed by atoms with van der Waals surface area (Å²) < 4.78 is 0. The molecule has 0 aliphatic carbocycles. The van der Waals surface area contributed by atoms with Gasteiger partial charge in [0.2, 0.25) is 0 Å². The third-order valence-corrected chi connectivity index (χ3v) is 4.22. The van der Waals surface area contributed by atoms with Crippen LogP contribution in [0, 0.1) is 20.8 Å². The Labute approximate surface area is 107 Å². The maximum Gasteiger partial charge on any atom is 0.0650 e. The van der Waals surface area contributed by atoms with Crippen molar-refractivity contribution in [3.63, 3.8) is 0 Å². The van der Waals surface area contributed by atoms with Gasteiger partial charge in [0.25, 0.3) is 0 Å². The molecule has 0 saturated heterocycles. The largest absolute Gasteiger partial charge is 0.318 e. The fourth-order valence-electron chi connectivity index (χ4n) is 2.36. The Kier molecular flexibility index (Phi) is 3.11. The molecule has 0 radical (unpaired) electrons. The van der Waals surface area contributed by atoms with E-state index in [0.29, 0.717) is 0 Å². The van der Waals surface area contributed by atoms with Gasteiger partial charge < -0.3 is 5.73 Å². The maximum absolute atomic E-state index is 6.58. The minimum absolute atomic E-state index is 0.403. The molecule has 0 aliphatic rings. The second-order valence-electron chi connectivity index (χ2n) is 4.91. The number of hydrogen-bond donors (Lipinski definition) is 1. The summed E-state index contributed by atoms with van der Waals surface area (Å²) in [4.78, 5) is 1.30. The summed E-state index contributed by atoms with van der Waals surface area (Å²) in [6.07, 6.45) is 0. The molecule has 0 fully saturated rings. The molecule has 2 N–H and O–H groups in total. The predicted octanol–water partition coefficient (Wildman–Crippen LogP) is 3.90. The number of rotatable bonds is 2. The van der Waals surface area contributed by atoms with Crippen molar-refractivity contribution in [1.82, 2.24) is 0 Å². The minimum Gasteiger partial charge on any atom is -0.318 e. The average molecular weight is 245 g/mol. The highest BCUT2D eigenvalue weighted by molar-refractivity contribution is 7.10. The first kappa shape index (κ1) is 12.3. The zero-order chi connectivity index (χ0) is 12.6. The van der Waals surface area contributed by atoms with Crippen molar-refractivity contribution >= 4 is 11.3 Å². The smallest absolute Gasteiger partial charge is 0.0650 e. The fraction of sp³-hybridized carbons (Fsp3) is 0.333. The molecule has 17 heavy (non-hydrogen) atoms. The fourth-order valence-corrected chi connectivity index (χ4v) is 3.18. The molecule has 2 heteroatoms. The van der Waals surface area contributed by atoms with Gasteiger partial charge in [-0.15, -0.1) is 11.3 Å². The number of hydrogen-bond acceptors (Lipinski definition) is 2. The van der Waals surface area contributed by atoms with Crippen LogP contribution >= 0.6 is 11.3 Å². The second kappa shape index (κ2) is 4.28. The molecule has 1 unspecified atom stereocenters. The van der Waals surface area contributed by atoms with Gasteiger partial charge >= 0.3 is 0 Å². The molecular weight excluding hydrogens is 226 g/mol. The molecule has 1 nitrogen and oxygen atoms in total. The Morgan fingerprint density at radius 1 is 1.06 bits per heavy atom.